The second-order valence-corrected chi connectivity index (χ2v) is 5.25. The van der Waals surface area contributed by atoms with Crippen LogP contribution in [-0.4, -0.2) is 48.3 Å². The highest BCUT2D eigenvalue weighted by molar-refractivity contribution is 5.81. The van der Waals surface area contributed by atoms with Crippen LogP contribution in [0.25, 0.3) is 0 Å². The fourth-order valence-corrected chi connectivity index (χ4v) is 2.22. The summed E-state index contributed by atoms with van der Waals surface area (Å²) in [6.07, 6.45) is 4.84. The first-order chi connectivity index (χ1) is 9.63. The number of nitrogens with one attached hydrogen (secondary N) is 2. The van der Waals surface area contributed by atoms with Crippen molar-refractivity contribution in [3.8, 4) is 0 Å². The largest absolute Gasteiger partial charge is 0.394 e. The van der Waals surface area contributed by atoms with Gasteiger partial charge in [-0.15, -0.1) is 0 Å². The van der Waals surface area contributed by atoms with Crippen LogP contribution >= 0.6 is 0 Å². The zero-order chi connectivity index (χ0) is 14.5. The zero-order valence-corrected chi connectivity index (χ0v) is 11.7. The van der Waals surface area contributed by atoms with Crippen LogP contribution in [0, 0.1) is 5.92 Å². The standard InChI is InChI=1S/C14H22N2O4/c1-2-15-13(18)7-10-5-6-11(12(8-17)20-10)16-14(19)9-3-4-9/h5-6,9-12,17H,2-4,7-8H2,1H3,(H,15,18)(H,16,19)/t10-,11-,12+/m0/s1. The molecule has 0 bridgehead atoms. The molecule has 112 valence electrons. The Morgan fingerprint density at radius 1 is 1.35 bits per heavy atom. The van der Waals surface area contributed by atoms with Crippen molar-refractivity contribution in [3.63, 3.8) is 0 Å². The first-order valence-electron chi connectivity index (χ1n) is 7.15. The Labute approximate surface area is 118 Å². The molecular formula is C14H22N2O4. The molecular weight excluding hydrogens is 260 g/mol. The lowest BCUT2D eigenvalue weighted by atomic mass is 10.0. The van der Waals surface area contributed by atoms with Crippen LogP contribution in [0.15, 0.2) is 12.2 Å². The Morgan fingerprint density at radius 3 is 2.70 bits per heavy atom. The van der Waals surface area contributed by atoms with Crippen LogP contribution in [0.1, 0.15) is 26.2 Å². The van der Waals surface area contributed by atoms with Gasteiger partial charge in [0, 0.05) is 12.5 Å². The smallest absolute Gasteiger partial charge is 0.223 e. The molecule has 1 aliphatic heterocycles. The van der Waals surface area contributed by atoms with Gasteiger partial charge in [0.2, 0.25) is 11.8 Å². The van der Waals surface area contributed by atoms with Gasteiger partial charge in [0.25, 0.3) is 0 Å². The van der Waals surface area contributed by atoms with Gasteiger partial charge in [-0.25, -0.2) is 0 Å². The Hall–Kier alpha value is -1.40. The molecule has 6 heteroatoms. The van der Waals surface area contributed by atoms with E-state index in [4.69, 9.17) is 4.74 Å². The SMILES string of the molecule is CCNC(=O)C[C@@H]1C=C[C@H](NC(=O)C2CC2)[C@@H](CO)O1. The van der Waals surface area contributed by atoms with Crippen LogP contribution in [0.4, 0.5) is 0 Å². The third-order valence-electron chi connectivity index (χ3n) is 3.48. The Bertz CT molecular complexity index is 393. The van der Waals surface area contributed by atoms with Crippen LogP contribution < -0.4 is 10.6 Å². The van der Waals surface area contributed by atoms with Gasteiger partial charge < -0.3 is 20.5 Å². The van der Waals surface area contributed by atoms with Gasteiger partial charge in [-0.3, -0.25) is 9.59 Å². The maximum absolute atomic E-state index is 11.7. The van der Waals surface area contributed by atoms with Crippen LogP contribution in [0.3, 0.4) is 0 Å². The van der Waals surface area contributed by atoms with Gasteiger partial charge in [0.05, 0.1) is 25.2 Å². The van der Waals surface area contributed by atoms with E-state index in [1.807, 2.05) is 13.0 Å². The molecule has 0 aromatic rings. The van der Waals surface area contributed by atoms with E-state index in [-0.39, 0.29) is 42.9 Å². The normalized spacial score (nSPS) is 29.0. The molecule has 20 heavy (non-hydrogen) atoms. The molecule has 3 atom stereocenters. The van der Waals surface area contributed by atoms with E-state index in [0.29, 0.717) is 6.54 Å². The number of aliphatic hydroxyl groups is 1. The second kappa shape index (κ2) is 6.85. The summed E-state index contributed by atoms with van der Waals surface area (Å²) in [7, 11) is 0. The topological polar surface area (TPSA) is 87.7 Å². The van der Waals surface area contributed by atoms with Crippen molar-refractivity contribution in [2.45, 2.75) is 44.4 Å². The average molecular weight is 282 g/mol. The predicted octanol–water partition coefficient (Wildman–Crippen LogP) is -0.277. The lowest BCUT2D eigenvalue weighted by molar-refractivity contribution is -0.128. The summed E-state index contributed by atoms with van der Waals surface area (Å²) in [6, 6.07) is -0.321. The molecule has 1 heterocycles. The molecule has 2 aliphatic rings. The van der Waals surface area contributed by atoms with Crippen molar-refractivity contribution in [3.05, 3.63) is 12.2 Å². The van der Waals surface area contributed by atoms with E-state index in [1.165, 1.54) is 0 Å². The minimum Gasteiger partial charge on any atom is -0.394 e. The molecule has 1 saturated carbocycles. The summed E-state index contributed by atoms with van der Waals surface area (Å²) < 4.78 is 5.65. The summed E-state index contributed by atoms with van der Waals surface area (Å²) in [5.41, 5.74) is 0. The summed E-state index contributed by atoms with van der Waals surface area (Å²) in [6.45, 7) is 2.25. The quantitative estimate of drug-likeness (QED) is 0.585. The number of ether oxygens (including phenoxy) is 1. The highest BCUT2D eigenvalue weighted by Gasteiger charge is 2.34. The Balaban J connectivity index is 1.88. The predicted molar refractivity (Wildman–Crippen MR) is 72.8 cm³/mol. The Kier molecular flexibility index (Phi) is 5.14. The third-order valence-corrected chi connectivity index (χ3v) is 3.48. The molecule has 1 aliphatic carbocycles. The fourth-order valence-electron chi connectivity index (χ4n) is 2.22. The summed E-state index contributed by atoms with van der Waals surface area (Å²) in [4.78, 5) is 23.2. The first kappa shape index (κ1) is 15.0. The summed E-state index contributed by atoms with van der Waals surface area (Å²) >= 11 is 0. The molecule has 2 rings (SSSR count). The minimum atomic E-state index is -0.498. The zero-order valence-electron chi connectivity index (χ0n) is 11.7. The van der Waals surface area contributed by atoms with Crippen molar-refractivity contribution in [2.75, 3.05) is 13.2 Å². The minimum absolute atomic E-state index is 0.0175. The lowest BCUT2D eigenvalue weighted by Gasteiger charge is -2.31. The second-order valence-electron chi connectivity index (χ2n) is 5.25. The van der Waals surface area contributed by atoms with Crippen molar-refractivity contribution in [1.82, 2.24) is 10.6 Å². The van der Waals surface area contributed by atoms with Crippen molar-refractivity contribution < 1.29 is 19.4 Å². The average Bonchev–Trinajstić information content (AvgIpc) is 3.25. The number of hydrogen-bond donors (Lipinski definition) is 3. The number of aliphatic hydroxyl groups excluding tert-OH is 1. The molecule has 6 nitrogen and oxygen atoms in total. The number of carbonyl (C=O) groups excluding carboxylic acids is 2. The van der Waals surface area contributed by atoms with E-state index in [2.05, 4.69) is 10.6 Å². The van der Waals surface area contributed by atoms with Gasteiger partial charge in [-0.05, 0) is 19.8 Å². The third kappa shape index (κ3) is 4.05. The van der Waals surface area contributed by atoms with E-state index < -0.39 is 6.10 Å². The van der Waals surface area contributed by atoms with Crippen LogP contribution in [0.5, 0.6) is 0 Å². The molecule has 0 aromatic carbocycles. The highest BCUT2D eigenvalue weighted by Crippen LogP contribution is 2.29. The Morgan fingerprint density at radius 2 is 2.10 bits per heavy atom. The summed E-state index contributed by atoms with van der Waals surface area (Å²) in [5, 5.41) is 14.9. The van der Waals surface area contributed by atoms with Crippen molar-refractivity contribution in [1.29, 1.82) is 0 Å². The maximum Gasteiger partial charge on any atom is 0.223 e. The van der Waals surface area contributed by atoms with Gasteiger partial charge in [0.1, 0.15) is 6.10 Å². The molecule has 2 amide bonds. The van der Waals surface area contributed by atoms with Crippen molar-refractivity contribution >= 4 is 11.8 Å². The molecule has 0 radical (unpaired) electrons. The highest BCUT2D eigenvalue weighted by atomic mass is 16.5. The molecule has 0 saturated heterocycles. The monoisotopic (exact) mass is 282 g/mol. The van der Waals surface area contributed by atoms with Crippen LogP contribution in [0.2, 0.25) is 0 Å². The van der Waals surface area contributed by atoms with E-state index in [0.717, 1.165) is 12.8 Å². The van der Waals surface area contributed by atoms with Gasteiger partial charge in [-0.1, -0.05) is 12.2 Å². The first-order valence-corrected chi connectivity index (χ1v) is 7.15. The molecule has 1 fully saturated rings. The van der Waals surface area contributed by atoms with E-state index in [9.17, 15) is 14.7 Å². The van der Waals surface area contributed by atoms with Gasteiger partial charge in [-0.2, -0.15) is 0 Å². The van der Waals surface area contributed by atoms with Gasteiger partial charge >= 0.3 is 0 Å². The van der Waals surface area contributed by atoms with Gasteiger partial charge in [0.15, 0.2) is 0 Å². The van der Waals surface area contributed by atoms with E-state index >= 15 is 0 Å². The molecule has 0 unspecified atom stereocenters. The number of amides is 2. The van der Waals surface area contributed by atoms with E-state index in [1.54, 1.807) is 6.08 Å². The van der Waals surface area contributed by atoms with Crippen molar-refractivity contribution in [2.24, 2.45) is 5.92 Å². The number of carbonyl (C=O) groups is 2. The molecule has 0 aromatic heterocycles. The summed E-state index contributed by atoms with van der Waals surface area (Å²) in [5.74, 6) is 0.0546. The lowest BCUT2D eigenvalue weighted by Crippen LogP contribution is -2.49. The molecule has 0 spiro atoms. The number of rotatable bonds is 6. The number of hydrogen-bond acceptors (Lipinski definition) is 4. The fraction of sp³-hybridized carbons (Fsp3) is 0.714. The molecule has 3 N–H and O–H groups in total. The van der Waals surface area contributed by atoms with Crippen LogP contribution in [-0.2, 0) is 14.3 Å². The maximum atomic E-state index is 11.7.